The normalized spacial score (nSPS) is 11.3. The molecular weight excluding hydrogens is 392 g/mol. The molecule has 2 heterocycles. The van der Waals surface area contributed by atoms with Gasteiger partial charge in [0.2, 0.25) is 0 Å². The summed E-state index contributed by atoms with van der Waals surface area (Å²) in [5, 5.41) is 22.4. The number of ether oxygens (including phenoxy) is 1. The third-order valence-corrected chi connectivity index (χ3v) is 3.99. The highest BCUT2D eigenvalue weighted by atomic mass is 16.6. The van der Waals surface area contributed by atoms with E-state index in [1.165, 1.54) is 0 Å². The highest BCUT2D eigenvalue weighted by molar-refractivity contribution is 5.95. The number of carbonyl (C=O) groups excluding carboxylic acids is 2. The van der Waals surface area contributed by atoms with Crippen LogP contribution in [-0.4, -0.2) is 53.6 Å². The van der Waals surface area contributed by atoms with Crippen molar-refractivity contribution >= 4 is 23.6 Å². The Hall–Kier alpha value is -3.89. The Morgan fingerprint density at radius 2 is 1.93 bits per heavy atom. The summed E-state index contributed by atoms with van der Waals surface area (Å²) in [6, 6.07) is 6.20. The highest BCUT2D eigenvalue weighted by Gasteiger charge is 2.20. The summed E-state index contributed by atoms with van der Waals surface area (Å²) in [7, 11) is 0. The first-order valence-corrected chi connectivity index (χ1v) is 8.98. The molecule has 0 radical (unpaired) electrons. The zero-order valence-corrected chi connectivity index (χ0v) is 16.8. The first-order valence-electron chi connectivity index (χ1n) is 8.98. The second-order valence-electron chi connectivity index (χ2n) is 7.56. The maximum atomic E-state index is 12.5. The van der Waals surface area contributed by atoms with Crippen molar-refractivity contribution < 1.29 is 24.2 Å². The summed E-state index contributed by atoms with van der Waals surface area (Å²) in [6.45, 7) is 7.30. The van der Waals surface area contributed by atoms with Crippen LogP contribution in [0.5, 0.6) is 0 Å². The number of aromatic nitrogens is 5. The Morgan fingerprint density at radius 3 is 2.57 bits per heavy atom. The van der Waals surface area contributed by atoms with E-state index in [-0.39, 0.29) is 23.7 Å². The molecule has 11 nitrogen and oxygen atoms in total. The third kappa shape index (κ3) is 4.57. The van der Waals surface area contributed by atoms with Gasteiger partial charge < -0.3 is 15.2 Å². The number of rotatable bonds is 5. The number of esters is 1. The number of carboxylic acid groups (broad SMARTS) is 1. The lowest BCUT2D eigenvalue weighted by Gasteiger charge is -2.20. The molecule has 0 saturated heterocycles. The van der Waals surface area contributed by atoms with Crippen LogP contribution in [-0.2, 0) is 11.3 Å². The first-order chi connectivity index (χ1) is 14.0. The summed E-state index contributed by atoms with van der Waals surface area (Å²) in [6.07, 6.45) is 0. The maximum Gasteiger partial charge on any atom is 0.354 e. The van der Waals surface area contributed by atoms with Gasteiger partial charge in [-0.2, -0.15) is 4.52 Å². The van der Waals surface area contributed by atoms with Crippen molar-refractivity contribution in [2.75, 3.05) is 0 Å². The average molecular weight is 412 g/mol. The number of fused-ring (bicyclic) bond motifs is 1. The number of amides is 1. The summed E-state index contributed by atoms with van der Waals surface area (Å²) in [5.41, 5.74) is 0.885. The molecule has 3 rings (SSSR count). The van der Waals surface area contributed by atoms with Gasteiger partial charge in [0.05, 0.1) is 5.56 Å². The molecule has 0 bridgehead atoms. The van der Waals surface area contributed by atoms with Gasteiger partial charge in [-0.3, -0.25) is 4.79 Å². The van der Waals surface area contributed by atoms with E-state index in [9.17, 15) is 19.5 Å². The SMILES string of the molecule is Cc1cc(CNC(=O)c2cc(C(=O)O)n3nnnc3n2)ccc1C(=O)OC(C)(C)C. The quantitative estimate of drug-likeness (QED) is 0.593. The molecule has 0 spiro atoms. The highest BCUT2D eigenvalue weighted by Crippen LogP contribution is 2.17. The van der Waals surface area contributed by atoms with E-state index in [0.29, 0.717) is 11.1 Å². The number of nitrogens with zero attached hydrogens (tertiary/aromatic N) is 5. The van der Waals surface area contributed by atoms with Crippen LogP contribution in [0.4, 0.5) is 0 Å². The van der Waals surface area contributed by atoms with E-state index < -0.39 is 23.4 Å². The number of carboxylic acids is 1. The van der Waals surface area contributed by atoms with Crippen LogP contribution in [0.3, 0.4) is 0 Å². The van der Waals surface area contributed by atoms with E-state index in [0.717, 1.165) is 16.1 Å². The lowest BCUT2D eigenvalue weighted by atomic mass is 10.0. The molecule has 0 aliphatic rings. The van der Waals surface area contributed by atoms with Crippen LogP contribution >= 0.6 is 0 Å². The van der Waals surface area contributed by atoms with Crippen molar-refractivity contribution in [2.24, 2.45) is 0 Å². The zero-order chi connectivity index (χ0) is 22.1. The number of benzene rings is 1. The van der Waals surface area contributed by atoms with Crippen LogP contribution in [0.15, 0.2) is 24.3 Å². The molecule has 11 heteroatoms. The maximum absolute atomic E-state index is 12.5. The van der Waals surface area contributed by atoms with E-state index in [1.54, 1.807) is 45.9 Å². The molecule has 0 aliphatic carbocycles. The monoisotopic (exact) mass is 412 g/mol. The van der Waals surface area contributed by atoms with E-state index in [1.807, 2.05) is 0 Å². The van der Waals surface area contributed by atoms with E-state index in [4.69, 9.17) is 4.74 Å². The van der Waals surface area contributed by atoms with Gasteiger partial charge in [-0.1, -0.05) is 17.2 Å². The van der Waals surface area contributed by atoms with Gasteiger partial charge in [-0.15, -0.1) is 0 Å². The van der Waals surface area contributed by atoms with Crippen molar-refractivity contribution in [2.45, 2.75) is 39.8 Å². The van der Waals surface area contributed by atoms with Gasteiger partial charge in [0.25, 0.3) is 11.7 Å². The van der Waals surface area contributed by atoms with Crippen molar-refractivity contribution in [3.8, 4) is 0 Å². The van der Waals surface area contributed by atoms with Crippen LogP contribution in [0.25, 0.3) is 5.78 Å². The van der Waals surface area contributed by atoms with Crippen LogP contribution in [0.2, 0.25) is 0 Å². The Morgan fingerprint density at radius 1 is 1.20 bits per heavy atom. The Kier molecular flexibility index (Phi) is 5.45. The molecule has 0 aliphatic heterocycles. The van der Waals surface area contributed by atoms with Crippen LogP contribution < -0.4 is 5.32 Å². The molecule has 3 aromatic rings. The standard InChI is InChI=1S/C19H20N6O5/c1-10-7-11(5-6-12(10)17(29)30-19(2,3)4)9-20-15(26)13-8-14(16(27)28)25-18(21-13)22-23-24-25/h5-8H,9H2,1-4H3,(H,20,26)(H,27,28). The molecule has 30 heavy (non-hydrogen) atoms. The van der Waals surface area contributed by atoms with Crippen molar-refractivity contribution in [3.05, 3.63) is 52.3 Å². The Labute approximate surface area is 171 Å². The Bertz CT molecular complexity index is 1150. The fourth-order valence-electron chi connectivity index (χ4n) is 2.68. The van der Waals surface area contributed by atoms with Gasteiger partial charge in [0.1, 0.15) is 11.3 Å². The predicted molar refractivity (Wildman–Crippen MR) is 103 cm³/mol. The predicted octanol–water partition coefficient (Wildman–Crippen LogP) is 1.41. The Balaban J connectivity index is 1.73. The molecule has 2 aromatic heterocycles. The second kappa shape index (κ2) is 7.85. The van der Waals surface area contributed by atoms with Gasteiger partial charge >= 0.3 is 11.9 Å². The topological polar surface area (TPSA) is 149 Å². The minimum Gasteiger partial charge on any atom is -0.477 e. The second-order valence-corrected chi connectivity index (χ2v) is 7.56. The zero-order valence-electron chi connectivity index (χ0n) is 16.8. The van der Waals surface area contributed by atoms with Crippen molar-refractivity contribution in [1.82, 2.24) is 30.3 Å². The van der Waals surface area contributed by atoms with Crippen molar-refractivity contribution in [1.29, 1.82) is 0 Å². The summed E-state index contributed by atoms with van der Waals surface area (Å²) in [5.74, 6) is -2.40. The van der Waals surface area contributed by atoms with Crippen molar-refractivity contribution in [3.63, 3.8) is 0 Å². The summed E-state index contributed by atoms with van der Waals surface area (Å²) < 4.78 is 6.30. The molecule has 1 amide bonds. The number of tetrazole rings is 1. The molecule has 2 N–H and O–H groups in total. The number of nitrogens with one attached hydrogen (secondary N) is 1. The number of aromatic carboxylic acids is 1. The molecule has 0 unspecified atom stereocenters. The summed E-state index contributed by atoms with van der Waals surface area (Å²) in [4.78, 5) is 40.0. The van der Waals surface area contributed by atoms with Gasteiger partial charge in [0, 0.05) is 12.6 Å². The minimum atomic E-state index is -1.29. The van der Waals surface area contributed by atoms with Gasteiger partial charge in [-0.25, -0.2) is 14.6 Å². The number of hydrogen-bond acceptors (Lipinski definition) is 8. The van der Waals surface area contributed by atoms with E-state index >= 15 is 0 Å². The molecule has 0 saturated carbocycles. The minimum absolute atomic E-state index is 0.0994. The number of aryl methyl sites for hydroxylation is 1. The molecule has 156 valence electrons. The number of carbonyl (C=O) groups is 3. The smallest absolute Gasteiger partial charge is 0.354 e. The lowest BCUT2D eigenvalue weighted by Crippen LogP contribution is -2.26. The average Bonchev–Trinajstić information content (AvgIpc) is 3.12. The van der Waals surface area contributed by atoms with Gasteiger partial charge in [-0.05, 0) is 55.3 Å². The van der Waals surface area contributed by atoms with Crippen LogP contribution in [0.1, 0.15) is 63.2 Å². The molecule has 0 fully saturated rings. The van der Waals surface area contributed by atoms with Crippen LogP contribution in [0, 0.1) is 6.92 Å². The lowest BCUT2D eigenvalue weighted by molar-refractivity contribution is 0.00684. The first kappa shape index (κ1) is 20.8. The number of hydrogen-bond donors (Lipinski definition) is 2. The molecular formula is C19H20N6O5. The summed E-state index contributed by atoms with van der Waals surface area (Å²) >= 11 is 0. The van der Waals surface area contributed by atoms with Gasteiger partial charge in [0.15, 0.2) is 5.69 Å². The fourth-order valence-corrected chi connectivity index (χ4v) is 2.68. The molecule has 1 aromatic carbocycles. The largest absolute Gasteiger partial charge is 0.477 e. The third-order valence-electron chi connectivity index (χ3n) is 3.99. The molecule has 0 atom stereocenters. The fraction of sp³-hybridized carbons (Fsp3) is 0.316. The van der Waals surface area contributed by atoms with E-state index in [2.05, 4.69) is 25.8 Å².